The highest BCUT2D eigenvalue weighted by molar-refractivity contribution is 7.81. The van der Waals surface area contributed by atoms with Crippen molar-refractivity contribution in [1.82, 2.24) is 4.98 Å². The SMILES string of the molecule is O=C(O)c1ccc(NC(=S)c2ccccn2)cc1. The van der Waals surface area contributed by atoms with Crippen LogP contribution >= 0.6 is 12.2 Å². The highest BCUT2D eigenvalue weighted by Crippen LogP contribution is 2.11. The van der Waals surface area contributed by atoms with Crippen LogP contribution in [-0.2, 0) is 0 Å². The molecule has 5 heteroatoms. The van der Waals surface area contributed by atoms with Crippen LogP contribution in [0.25, 0.3) is 0 Å². The third kappa shape index (κ3) is 2.89. The smallest absolute Gasteiger partial charge is 0.335 e. The number of hydrogen-bond donors (Lipinski definition) is 2. The standard InChI is InChI=1S/C13H10N2O2S/c16-13(17)9-4-6-10(7-5-9)15-12(18)11-3-1-2-8-14-11/h1-8H,(H,15,18)(H,16,17). The Morgan fingerprint density at radius 2 is 1.89 bits per heavy atom. The van der Waals surface area contributed by atoms with E-state index in [0.717, 1.165) is 5.69 Å². The van der Waals surface area contributed by atoms with Gasteiger partial charge in [0.05, 0.1) is 11.3 Å². The number of rotatable bonds is 3. The summed E-state index contributed by atoms with van der Waals surface area (Å²) in [6, 6.07) is 11.8. The Balaban J connectivity index is 2.10. The number of anilines is 1. The van der Waals surface area contributed by atoms with Crippen molar-refractivity contribution >= 4 is 28.9 Å². The molecular formula is C13H10N2O2S. The molecule has 4 nitrogen and oxygen atoms in total. The number of carboxylic acid groups (broad SMARTS) is 1. The van der Waals surface area contributed by atoms with Crippen molar-refractivity contribution in [1.29, 1.82) is 0 Å². The van der Waals surface area contributed by atoms with E-state index >= 15 is 0 Å². The summed E-state index contributed by atoms with van der Waals surface area (Å²) in [5, 5.41) is 11.8. The van der Waals surface area contributed by atoms with Gasteiger partial charge in [0.25, 0.3) is 0 Å². The zero-order chi connectivity index (χ0) is 13.0. The van der Waals surface area contributed by atoms with Gasteiger partial charge in [0.2, 0.25) is 0 Å². The van der Waals surface area contributed by atoms with Crippen molar-refractivity contribution in [2.45, 2.75) is 0 Å². The zero-order valence-corrected chi connectivity index (χ0v) is 10.1. The molecule has 0 bridgehead atoms. The van der Waals surface area contributed by atoms with Crippen molar-refractivity contribution in [3.05, 3.63) is 59.9 Å². The summed E-state index contributed by atoms with van der Waals surface area (Å²) < 4.78 is 0. The largest absolute Gasteiger partial charge is 0.478 e. The van der Waals surface area contributed by atoms with Crippen molar-refractivity contribution in [3.8, 4) is 0 Å². The maximum absolute atomic E-state index is 10.7. The van der Waals surface area contributed by atoms with Crippen molar-refractivity contribution < 1.29 is 9.90 Å². The van der Waals surface area contributed by atoms with E-state index in [1.54, 1.807) is 24.4 Å². The van der Waals surface area contributed by atoms with Gasteiger partial charge < -0.3 is 10.4 Å². The van der Waals surface area contributed by atoms with Crippen LogP contribution in [0, 0.1) is 0 Å². The second kappa shape index (κ2) is 5.37. The van der Waals surface area contributed by atoms with Crippen LogP contribution in [-0.4, -0.2) is 21.0 Å². The van der Waals surface area contributed by atoms with Crippen LogP contribution < -0.4 is 5.32 Å². The fourth-order valence-electron chi connectivity index (χ4n) is 1.39. The lowest BCUT2D eigenvalue weighted by Crippen LogP contribution is -2.12. The fraction of sp³-hybridized carbons (Fsp3) is 0. The van der Waals surface area contributed by atoms with Crippen LogP contribution in [0.15, 0.2) is 48.7 Å². The molecule has 0 fully saturated rings. The lowest BCUT2D eigenvalue weighted by Gasteiger charge is -2.07. The zero-order valence-electron chi connectivity index (χ0n) is 9.33. The summed E-state index contributed by atoms with van der Waals surface area (Å²) in [5.74, 6) is -0.950. The molecule has 0 amide bonds. The third-order valence-corrected chi connectivity index (χ3v) is 2.60. The monoisotopic (exact) mass is 258 g/mol. The molecule has 0 aliphatic heterocycles. The van der Waals surface area contributed by atoms with Gasteiger partial charge in [-0.15, -0.1) is 0 Å². The molecule has 0 saturated heterocycles. The van der Waals surface area contributed by atoms with E-state index in [-0.39, 0.29) is 5.56 Å². The van der Waals surface area contributed by atoms with Gasteiger partial charge in [-0.05, 0) is 36.4 Å². The highest BCUT2D eigenvalue weighted by Gasteiger charge is 2.04. The fourth-order valence-corrected chi connectivity index (χ4v) is 1.63. The molecule has 0 unspecified atom stereocenters. The highest BCUT2D eigenvalue weighted by atomic mass is 32.1. The quantitative estimate of drug-likeness (QED) is 0.828. The van der Waals surface area contributed by atoms with E-state index in [0.29, 0.717) is 10.7 Å². The number of aromatic nitrogens is 1. The average Bonchev–Trinajstić information content (AvgIpc) is 2.40. The number of pyridine rings is 1. The minimum absolute atomic E-state index is 0.240. The van der Waals surface area contributed by atoms with Gasteiger partial charge in [-0.1, -0.05) is 18.3 Å². The van der Waals surface area contributed by atoms with E-state index in [2.05, 4.69) is 10.3 Å². The van der Waals surface area contributed by atoms with Gasteiger partial charge in [0.15, 0.2) is 0 Å². The molecule has 18 heavy (non-hydrogen) atoms. The second-order valence-corrected chi connectivity index (χ2v) is 3.96. The first-order valence-electron chi connectivity index (χ1n) is 5.22. The minimum atomic E-state index is -0.950. The number of aromatic carboxylic acids is 1. The summed E-state index contributed by atoms with van der Waals surface area (Å²) in [6.45, 7) is 0. The van der Waals surface area contributed by atoms with Crippen LogP contribution in [0.2, 0.25) is 0 Å². The first kappa shape index (κ1) is 12.2. The molecule has 1 aromatic carbocycles. The molecule has 0 aliphatic rings. The molecule has 0 aliphatic carbocycles. The normalized spacial score (nSPS) is 9.78. The summed E-state index contributed by atoms with van der Waals surface area (Å²) in [4.78, 5) is 15.3. The number of carbonyl (C=O) groups is 1. The number of thiocarbonyl (C=S) groups is 1. The first-order valence-corrected chi connectivity index (χ1v) is 5.63. The number of nitrogens with zero attached hydrogens (tertiary/aromatic N) is 1. The Hall–Kier alpha value is -2.27. The van der Waals surface area contributed by atoms with E-state index in [4.69, 9.17) is 17.3 Å². The van der Waals surface area contributed by atoms with E-state index in [9.17, 15) is 4.79 Å². The average molecular weight is 258 g/mol. The predicted octanol–water partition coefficient (Wildman–Crippen LogP) is 2.57. The lowest BCUT2D eigenvalue weighted by molar-refractivity contribution is 0.0697. The predicted molar refractivity (Wildman–Crippen MR) is 73.0 cm³/mol. The number of nitrogens with one attached hydrogen (secondary N) is 1. The summed E-state index contributed by atoms with van der Waals surface area (Å²) in [5.41, 5.74) is 1.65. The van der Waals surface area contributed by atoms with Crippen molar-refractivity contribution in [2.75, 3.05) is 5.32 Å². The van der Waals surface area contributed by atoms with Crippen LogP contribution in [0.1, 0.15) is 16.1 Å². The Kier molecular flexibility index (Phi) is 3.64. The Morgan fingerprint density at radius 3 is 2.44 bits per heavy atom. The Bertz CT molecular complexity index is 567. The summed E-state index contributed by atoms with van der Waals surface area (Å²) in [6.07, 6.45) is 1.66. The third-order valence-electron chi connectivity index (χ3n) is 2.29. The second-order valence-electron chi connectivity index (χ2n) is 3.55. The molecular weight excluding hydrogens is 248 g/mol. The first-order chi connectivity index (χ1) is 8.66. The van der Waals surface area contributed by atoms with Crippen molar-refractivity contribution in [2.24, 2.45) is 0 Å². The maximum Gasteiger partial charge on any atom is 0.335 e. The maximum atomic E-state index is 10.7. The molecule has 0 radical (unpaired) electrons. The van der Waals surface area contributed by atoms with Gasteiger partial charge in [-0.3, -0.25) is 4.98 Å². The summed E-state index contributed by atoms with van der Waals surface area (Å²) >= 11 is 5.20. The molecule has 2 aromatic rings. The molecule has 2 N–H and O–H groups in total. The van der Waals surface area contributed by atoms with E-state index < -0.39 is 5.97 Å². The van der Waals surface area contributed by atoms with Crippen molar-refractivity contribution in [3.63, 3.8) is 0 Å². The minimum Gasteiger partial charge on any atom is -0.478 e. The van der Waals surface area contributed by atoms with Gasteiger partial charge in [0.1, 0.15) is 4.99 Å². The van der Waals surface area contributed by atoms with E-state index in [1.807, 2.05) is 12.1 Å². The number of hydrogen-bond acceptors (Lipinski definition) is 3. The van der Waals surface area contributed by atoms with E-state index in [1.165, 1.54) is 12.1 Å². The Labute approximate surface area is 109 Å². The van der Waals surface area contributed by atoms with Crippen LogP contribution in [0.4, 0.5) is 5.69 Å². The molecule has 1 aromatic heterocycles. The Morgan fingerprint density at radius 1 is 1.17 bits per heavy atom. The molecule has 1 heterocycles. The van der Waals surface area contributed by atoms with Gasteiger partial charge in [0, 0.05) is 11.9 Å². The van der Waals surface area contributed by atoms with Gasteiger partial charge in [-0.2, -0.15) is 0 Å². The molecule has 0 atom stereocenters. The van der Waals surface area contributed by atoms with Crippen LogP contribution in [0.3, 0.4) is 0 Å². The molecule has 0 saturated carbocycles. The topological polar surface area (TPSA) is 62.2 Å². The van der Waals surface area contributed by atoms with Gasteiger partial charge in [-0.25, -0.2) is 4.79 Å². The van der Waals surface area contributed by atoms with Gasteiger partial charge >= 0.3 is 5.97 Å². The number of carboxylic acids is 1. The van der Waals surface area contributed by atoms with Crippen LogP contribution in [0.5, 0.6) is 0 Å². The molecule has 0 spiro atoms. The molecule has 90 valence electrons. The lowest BCUT2D eigenvalue weighted by atomic mass is 10.2. The summed E-state index contributed by atoms with van der Waals surface area (Å²) in [7, 11) is 0. The number of benzene rings is 1. The molecule has 2 rings (SSSR count).